The minimum absolute atomic E-state index is 0.110. The standard InChI is InChI=1S/C10H10BFN2O2S2/c1-6-13-14-10(18-6)17-5-7-2-3-9(12)8(4-7)11(15)16/h2-4,15-16H,5H2,1H3. The van der Waals surface area contributed by atoms with E-state index >= 15 is 0 Å². The number of halogens is 1. The first-order valence-electron chi connectivity index (χ1n) is 5.13. The van der Waals surface area contributed by atoms with Crippen LogP contribution < -0.4 is 5.46 Å². The van der Waals surface area contributed by atoms with Crippen molar-refractivity contribution in [3.05, 3.63) is 34.6 Å². The summed E-state index contributed by atoms with van der Waals surface area (Å²) in [5.41, 5.74) is 0.693. The summed E-state index contributed by atoms with van der Waals surface area (Å²) < 4.78 is 14.1. The monoisotopic (exact) mass is 284 g/mol. The van der Waals surface area contributed by atoms with E-state index in [2.05, 4.69) is 10.2 Å². The molecule has 0 saturated carbocycles. The highest BCUT2D eigenvalue weighted by Crippen LogP contribution is 2.25. The van der Waals surface area contributed by atoms with E-state index in [-0.39, 0.29) is 5.46 Å². The largest absolute Gasteiger partial charge is 0.491 e. The molecule has 0 aliphatic carbocycles. The number of rotatable bonds is 4. The van der Waals surface area contributed by atoms with Crippen molar-refractivity contribution >= 4 is 35.7 Å². The van der Waals surface area contributed by atoms with Gasteiger partial charge in [0.05, 0.1) is 0 Å². The Hall–Kier alpha value is -0.955. The van der Waals surface area contributed by atoms with Gasteiger partial charge in [0, 0.05) is 11.2 Å². The first-order chi connectivity index (χ1) is 8.56. The lowest BCUT2D eigenvalue weighted by molar-refractivity contribution is 0.423. The minimum Gasteiger partial charge on any atom is -0.423 e. The van der Waals surface area contributed by atoms with Gasteiger partial charge in [0.2, 0.25) is 0 Å². The molecule has 1 aromatic carbocycles. The third-order valence-electron chi connectivity index (χ3n) is 2.21. The molecule has 1 heterocycles. The summed E-state index contributed by atoms with van der Waals surface area (Å²) >= 11 is 2.97. The van der Waals surface area contributed by atoms with E-state index in [0.717, 1.165) is 14.9 Å². The molecule has 0 spiro atoms. The summed E-state index contributed by atoms with van der Waals surface area (Å²) in [7, 11) is -1.79. The molecular weight excluding hydrogens is 274 g/mol. The number of hydrogen-bond acceptors (Lipinski definition) is 6. The van der Waals surface area contributed by atoms with Crippen molar-refractivity contribution in [2.75, 3.05) is 0 Å². The Morgan fingerprint density at radius 2 is 2.17 bits per heavy atom. The molecule has 0 unspecified atom stereocenters. The van der Waals surface area contributed by atoms with Crippen molar-refractivity contribution in [3.8, 4) is 0 Å². The smallest absolute Gasteiger partial charge is 0.423 e. The molecular formula is C10H10BFN2O2S2. The van der Waals surface area contributed by atoms with Crippen LogP contribution in [0, 0.1) is 12.7 Å². The second-order valence-electron chi connectivity index (χ2n) is 3.61. The number of thioether (sulfide) groups is 1. The fourth-order valence-electron chi connectivity index (χ4n) is 1.36. The lowest BCUT2D eigenvalue weighted by Gasteiger charge is -2.04. The molecule has 0 fully saturated rings. The molecule has 0 radical (unpaired) electrons. The van der Waals surface area contributed by atoms with Crippen LogP contribution in [-0.2, 0) is 5.75 Å². The number of benzene rings is 1. The van der Waals surface area contributed by atoms with Crippen molar-refractivity contribution in [1.29, 1.82) is 0 Å². The zero-order valence-corrected chi connectivity index (χ0v) is 11.1. The Bertz CT molecular complexity index is 550. The van der Waals surface area contributed by atoms with Crippen molar-refractivity contribution in [2.24, 2.45) is 0 Å². The van der Waals surface area contributed by atoms with Crippen molar-refractivity contribution in [1.82, 2.24) is 10.2 Å². The predicted octanol–water partition coefficient (Wildman–Crippen LogP) is 0.958. The maximum Gasteiger partial charge on any atom is 0.491 e. The quantitative estimate of drug-likeness (QED) is 0.646. The van der Waals surface area contributed by atoms with Gasteiger partial charge in [0.25, 0.3) is 0 Å². The Labute approximate surface area is 112 Å². The normalized spacial score (nSPS) is 10.7. The van der Waals surface area contributed by atoms with Gasteiger partial charge >= 0.3 is 7.12 Å². The molecule has 0 aliphatic rings. The van der Waals surface area contributed by atoms with E-state index in [1.807, 2.05) is 6.92 Å². The third kappa shape index (κ3) is 3.29. The maximum atomic E-state index is 13.2. The van der Waals surface area contributed by atoms with Crippen LogP contribution in [0.15, 0.2) is 22.5 Å². The first-order valence-corrected chi connectivity index (χ1v) is 6.94. The molecule has 1 aromatic heterocycles. The summed E-state index contributed by atoms with van der Waals surface area (Å²) in [5, 5.41) is 26.8. The molecule has 18 heavy (non-hydrogen) atoms. The lowest BCUT2D eigenvalue weighted by Crippen LogP contribution is -2.32. The van der Waals surface area contributed by atoms with E-state index in [4.69, 9.17) is 10.0 Å². The summed E-state index contributed by atoms with van der Waals surface area (Å²) in [6, 6.07) is 4.29. The zero-order chi connectivity index (χ0) is 13.1. The summed E-state index contributed by atoms with van der Waals surface area (Å²) in [5.74, 6) is -0.0419. The molecule has 2 rings (SSSR count). The van der Waals surface area contributed by atoms with Gasteiger partial charge in [-0.2, -0.15) is 0 Å². The molecule has 0 aliphatic heterocycles. The van der Waals surface area contributed by atoms with Crippen LogP contribution in [0.4, 0.5) is 4.39 Å². The highest BCUT2D eigenvalue weighted by Gasteiger charge is 2.16. The van der Waals surface area contributed by atoms with E-state index in [1.165, 1.54) is 35.2 Å². The van der Waals surface area contributed by atoms with Crippen molar-refractivity contribution in [3.63, 3.8) is 0 Å². The highest BCUT2D eigenvalue weighted by atomic mass is 32.2. The van der Waals surface area contributed by atoms with E-state index in [0.29, 0.717) is 5.75 Å². The summed E-state index contributed by atoms with van der Waals surface area (Å²) in [6.45, 7) is 1.87. The van der Waals surface area contributed by atoms with Crippen LogP contribution in [0.2, 0.25) is 0 Å². The van der Waals surface area contributed by atoms with Crippen LogP contribution in [0.5, 0.6) is 0 Å². The van der Waals surface area contributed by atoms with E-state index in [9.17, 15) is 4.39 Å². The first kappa shape index (κ1) is 13.5. The molecule has 0 bridgehead atoms. The Morgan fingerprint density at radius 1 is 1.39 bits per heavy atom. The molecule has 8 heteroatoms. The average Bonchev–Trinajstić information content (AvgIpc) is 2.74. The van der Waals surface area contributed by atoms with Gasteiger partial charge < -0.3 is 10.0 Å². The van der Waals surface area contributed by atoms with Gasteiger partial charge in [0.1, 0.15) is 10.8 Å². The van der Waals surface area contributed by atoms with Gasteiger partial charge in [-0.05, 0) is 18.6 Å². The molecule has 4 nitrogen and oxygen atoms in total. The predicted molar refractivity (Wildman–Crippen MR) is 70.4 cm³/mol. The van der Waals surface area contributed by atoms with E-state index in [1.54, 1.807) is 6.07 Å². The Kier molecular flexibility index (Phi) is 4.33. The van der Waals surface area contributed by atoms with Crippen molar-refractivity contribution in [2.45, 2.75) is 17.0 Å². The SMILES string of the molecule is Cc1nnc(SCc2ccc(F)c(B(O)O)c2)s1. The lowest BCUT2D eigenvalue weighted by atomic mass is 9.79. The molecule has 94 valence electrons. The van der Waals surface area contributed by atoms with Gasteiger partial charge in [-0.3, -0.25) is 0 Å². The van der Waals surface area contributed by atoms with Crippen molar-refractivity contribution < 1.29 is 14.4 Å². The molecule has 2 aromatic rings. The van der Waals surface area contributed by atoms with Gasteiger partial charge in [0.15, 0.2) is 4.34 Å². The van der Waals surface area contributed by atoms with Crippen LogP contribution in [-0.4, -0.2) is 27.4 Å². The number of hydrogen-bond donors (Lipinski definition) is 2. The van der Waals surface area contributed by atoms with Crippen LogP contribution in [0.25, 0.3) is 0 Å². The maximum absolute atomic E-state index is 13.2. The van der Waals surface area contributed by atoms with Crippen LogP contribution >= 0.6 is 23.1 Å². The van der Waals surface area contributed by atoms with Gasteiger partial charge in [-0.25, -0.2) is 4.39 Å². The fourth-order valence-corrected chi connectivity index (χ4v) is 3.12. The van der Waals surface area contributed by atoms with E-state index < -0.39 is 12.9 Å². The number of aryl methyl sites for hydroxylation is 1. The average molecular weight is 284 g/mol. The van der Waals surface area contributed by atoms with Gasteiger partial charge in [-0.15, -0.1) is 10.2 Å². The van der Waals surface area contributed by atoms with Crippen LogP contribution in [0.1, 0.15) is 10.6 Å². The van der Waals surface area contributed by atoms with Crippen LogP contribution in [0.3, 0.4) is 0 Å². The molecule has 0 saturated heterocycles. The molecule has 2 N–H and O–H groups in total. The number of aromatic nitrogens is 2. The minimum atomic E-state index is -1.79. The topological polar surface area (TPSA) is 66.2 Å². The third-order valence-corrected chi connectivity index (χ3v) is 4.25. The second-order valence-corrected chi connectivity index (χ2v) is 6.01. The fraction of sp³-hybridized carbons (Fsp3) is 0.200. The highest BCUT2D eigenvalue weighted by molar-refractivity contribution is 8.00. The summed E-state index contributed by atoms with van der Waals surface area (Å²) in [4.78, 5) is 0. The molecule has 0 amide bonds. The van der Waals surface area contributed by atoms with Gasteiger partial charge in [-0.1, -0.05) is 35.2 Å². The summed E-state index contributed by atoms with van der Waals surface area (Å²) in [6.07, 6.45) is 0. The Morgan fingerprint density at radius 3 is 2.78 bits per heavy atom. The zero-order valence-electron chi connectivity index (χ0n) is 9.50. The Balaban J connectivity index is 2.08. The number of nitrogens with zero attached hydrogens (tertiary/aromatic N) is 2. The second kappa shape index (κ2) is 5.79. The molecule has 0 atom stereocenters.